The van der Waals surface area contributed by atoms with Gasteiger partial charge < -0.3 is 14.6 Å². The van der Waals surface area contributed by atoms with Gasteiger partial charge in [-0.25, -0.2) is 9.18 Å². The number of hydrogen-bond donors (Lipinski definition) is 1. The van der Waals surface area contributed by atoms with Gasteiger partial charge >= 0.3 is 5.97 Å². The number of methoxy groups -OCH3 is 1. The van der Waals surface area contributed by atoms with E-state index < -0.39 is 11.6 Å². The van der Waals surface area contributed by atoms with Gasteiger partial charge in [-0.05, 0) is 36.8 Å². The van der Waals surface area contributed by atoms with E-state index in [2.05, 4.69) is 0 Å². The van der Waals surface area contributed by atoms with Crippen LogP contribution in [0.2, 0.25) is 0 Å². The number of carboxylic acid groups (broad SMARTS) is 1. The Morgan fingerprint density at radius 2 is 2.04 bits per heavy atom. The molecule has 1 aliphatic heterocycles. The van der Waals surface area contributed by atoms with Gasteiger partial charge in [0.05, 0.1) is 12.7 Å². The van der Waals surface area contributed by atoms with E-state index in [1.54, 1.807) is 18.2 Å². The highest BCUT2D eigenvalue weighted by atomic mass is 19.1. The van der Waals surface area contributed by atoms with E-state index in [0.717, 1.165) is 11.1 Å². The largest absolute Gasteiger partial charge is 0.493 e. The molecule has 2 aromatic rings. The number of benzene rings is 2. The van der Waals surface area contributed by atoms with Crippen LogP contribution in [0.3, 0.4) is 0 Å². The predicted molar refractivity (Wildman–Crippen MR) is 82.8 cm³/mol. The Morgan fingerprint density at radius 1 is 1.35 bits per heavy atom. The average molecular weight is 316 g/mol. The van der Waals surface area contributed by atoms with Gasteiger partial charge in [0.2, 0.25) is 0 Å². The number of carboxylic acids is 1. The lowest BCUT2D eigenvalue weighted by atomic mass is 9.91. The zero-order chi connectivity index (χ0) is 16.6. The fourth-order valence-corrected chi connectivity index (χ4v) is 3.00. The quantitative estimate of drug-likeness (QED) is 0.938. The molecule has 0 aromatic heterocycles. The maximum atomic E-state index is 13.0. The zero-order valence-corrected chi connectivity index (χ0v) is 12.9. The van der Waals surface area contributed by atoms with Gasteiger partial charge in [0.1, 0.15) is 11.4 Å². The summed E-state index contributed by atoms with van der Waals surface area (Å²) in [6.45, 7) is 1.95. The van der Waals surface area contributed by atoms with Crippen LogP contribution < -0.4 is 9.47 Å². The van der Waals surface area contributed by atoms with Crippen LogP contribution in [0.15, 0.2) is 36.4 Å². The van der Waals surface area contributed by atoms with Crippen molar-refractivity contribution in [1.29, 1.82) is 0 Å². The Labute approximate surface area is 133 Å². The van der Waals surface area contributed by atoms with Crippen molar-refractivity contribution in [2.24, 2.45) is 0 Å². The number of halogens is 1. The van der Waals surface area contributed by atoms with E-state index >= 15 is 0 Å². The van der Waals surface area contributed by atoms with E-state index in [1.165, 1.54) is 25.3 Å². The lowest BCUT2D eigenvalue weighted by Crippen LogP contribution is -2.32. The number of carbonyl (C=O) groups is 1. The highest BCUT2D eigenvalue weighted by Crippen LogP contribution is 2.44. The first-order chi connectivity index (χ1) is 10.9. The molecule has 0 saturated heterocycles. The number of hydrogen-bond acceptors (Lipinski definition) is 3. The van der Waals surface area contributed by atoms with Crippen LogP contribution in [-0.2, 0) is 12.8 Å². The van der Waals surface area contributed by atoms with Gasteiger partial charge in [-0.3, -0.25) is 0 Å². The summed E-state index contributed by atoms with van der Waals surface area (Å²) in [6, 6.07) is 9.38. The summed E-state index contributed by atoms with van der Waals surface area (Å²) in [6.07, 6.45) is 1.16. The molecule has 0 radical (unpaired) electrons. The third-order valence-electron chi connectivity index (χ3n) is 4.00. The first-order valence-corrected chi connectivity index (χ1v) is 7.28. The van der Waals surface area contributed by atoms with Crippen molar-refractivity contribution in [3.05, 3.63) is 58.9 Å². The molecule has 120 valence electrons. The molecule has 4 nitrogen and oxygen atoms in total. The third-order valence-corrected chi connectivity index (χ3v) is 4.00. The second-order valence-electron chi connectivity index (χ2n) is 6.00. The van der Waals surface area contributed by atoms with Crippen molar-refractivity contribution in [2.45, 2.75) is 25.4 Å². The topological polar surface area (TPSA) is 55.8 Å². The van der Waals surface area contributed by atoms with E-state index in [1.807, 2.05) is 6.92 Å². The van der Waals surface area contributed by atoms with Gasteiger partial charge in [-0.15, -0.1) is 0 Å². The van der Waals surface area contributed by atoms with Crippen LogP contribution in [0.1, 0.15) is 28.4 Å². The molecule has 0 spiro atoms. The van der Waals surface area contributed by atoms with Crippen molar-refractivity contribution < 1.29 is 23.8 Å². The molecular formula is C18H17FO4. The van der Waals surface area contributed by atoms with Crippen molar-refractivity contribution >= 4 is 5.97 Å². The molecule has 1 aliphatic rings. The molecule has 0 unspecified atom stereocenters. The Hall–Kier alpha value is -2.56. The molecule has 0 bridgehead atoms. The summed E-state index contributed by atoms with van der Waals surface area (Å²) in [5.74, 6) is -0.273. The number of fused-ring (bicyclic) bond motifs is 1. The van der Waals surface area contributed by atoms with Crippen molar-refractivity contribution in [2.75, 3.05) is 7.11 Å². The lowest BCUT2D eigenvalue weighted by Gasteiger charge is -2.24. The van der Waals surface area contributed by atoms with Gasteiger partial charge in [0.15, 0.2) is 11.5 Å². The van der Waals surface area contributed by atoms with Crippen LogP contribution in [0.25, 0.3) is 0 Å². The van der Waals surface area contributed by atoms with E-state index in [0.29, 0.717) is 24.3 Å². The summed E-state index contributed by atoms with van der Waals surface area (Å²) >= 11 is 0. The maximum Gasteiger partial charge on any atom is 0.335 e. The maximum absolute atomic E-state index is 13.0. The third kappa shape index (κ3) is 2.99. The molecule has 0 aliphatic carbocycles. The Bertz CT molecular complexity index is 754. The van der Waals surface area contributed by atoms with Crippen LogP contribution in [0, 0.1) is 5.82 Å². The van der Waals surface area contributed by atoms with Crippen molar-refractivity contribution in [3.63, 3.8) is 0 Å². The first-order valence-electron chi connectivity index (χ1n) is 7.28. The minimum absolute atomic E-state index is 0.176. The van der Waals surface area contributed by atoms with Gasteiger partial charge in [-0.2, -0.15) is 0 Å². The van der Waals surface area contributed by atoms with Gasteiger partial charge in [-0.1, -0.05) is 12.1 Å². The second kappa shape index (κ2) is 5.57. The highest BCUT2D eigenvalue weighted by molar-refractivity contribution is 5.89. The summed E-state index contributed by atoms with van der Waals surface area (Å²) in [7, 11) is 1.49. The fourth-order valence-electron chi connectivity index (χ4n) is 3.00. The van der Waals surface area contributed by atoms with Crippen LogP contribution in [0.5, 0.6) is 11.5 Å². The van der Waals surface area contributed by atoms with Crippen LogP contribution in [0.4, 0.5) is 4.39 Å². The second-order valence-corrected chi connectivity index (χ2v) is 6.00. The monoisotopic (exact) mass is 316 g/mol. The molecule has 1 atom stereocenters. The molecular weight excluding hydrogens is 299 g/mol. The van der Waals surface area contributed by atoms with Crippen molar-refractivity contribution in [1.82, 2.24) is 0 Å². The summed E-state index contributed by atoms with van der Waals surface area (Å²) < 4.78 is 24.4. The lowest BCUT2D eigenvalue weighted by molar-refractivity contribution is 0.0696. The number of ether oxygens (including phenoxy) is 2. The number of aromatic carboxylic acids is 1. The van der Waals surface area contributed by atoms with E-state index in [-0.39, 0.29) is 11.4 Å². The van der Waals surface area contributed by atoms with Gasteiger partial charge in [0.25, 0.3) is 0 Å². The molecule has 0 amide bonds. The molecule has 2 aromatic carbocycles. The highest BCUT2D eigenvalue weighted by Gasteiger charge is 2.37. The number of rotatable bonds is 4. The van der Waals surface area contributed by atoms with E-state index in [9.17, 15) is 14.3 Å². The van der Waals surface area contributed by atoms with Crippen molar-refractivity contribution in [3.8, 4) is 11.5 Å². The molecule has 23 heavy (non-hydrogen) atoms. The summed E-state index contributed by atoms with van der Waals surface area (Å²) in [5, 5.41) is 9.20. The van der Waals surface area contributed by atoms with E-state index in [4.69, 9.17) is 9.47 Å². The smallest absolute Gasteiger partial charge is 0.335 e. The SMILES string of the molecule is COc1cc(C(=O)O)cc2c1O[C@](C)(Cc1ccc(F)cc1)C2. The Balaban J connectivity index is 1.90. The molecule has 0 saturated carbocycles. The molecule has 1 N–H and O–H groups in total. The standard InChI is InChI=1S/C18H17FO4/c1-18(9-11-3-5-14(19)6-4-11)10-13-7-12(17(20)21)8-15(22-2)16(13)23-18/h3-8H,9-10H2,1-2H3,(H,20,21)/t18-/m1/s1. The summed E-state index contributed by atoms with van der Waals surface area (Å²) in [4.78, 5) is 11.2. The van der Waals surface area contributed by atoms with Crippen LogP contribution >= 0.6 is 0 Å². The Kier molecular flexibility index (Phi) is 3.72. The molecule has 0 fully saturated rings. The zero-order valence-electron chi connectivity index (χ0n) is 12.9. The Morgan fingerprint density at radius 3 is 2.65 bits per heavy atom. The summed E-state index contributed by atoms with van der Waals surface area (Å²) in [5.41, 5.74) is 1.42. The average Bonchev–Trinajstić information content (AvgIpc) is 2.84. The normalized spacial score (nSPS) is 19.1. The fraction of sp³-hybridized carbons (Fsp3) is 0.278. The van der Waals surface area contributed by atoms with Gasteiger partial charge in [0, 0.05) is 18.4 Å². The first kappa shape index (κ1) is 15.3. The minimum atomic E-state index is -1.00. The molecule has 5 heteroatoms. The predicted octanol–water partition coefficient (Wildman–Crippen LogP) is 3.47. The molecule has 3 rings (SSSR count). The minimum Gasteiger partial charge on any atom is -0.493 e. The van der Waals surface area contributed by atoms with Crippen LogP contribution in [-0.4, -0.2) is 23.8 Å². The molecule has 1 heterocycles.